The van der Waals surface area contributed by atoms with Gasteiger partial charge in [0.05, 0.1) is 0 Å². The van der Waals surface area contributed by atoms with Crippen LogP contribution in [-0.2, 0) is 6.42 Å². The Kier molecular flexibility index (Phi) is 5.81. The summed E-state index contributed by atoms with van der Waals surface area (Å²) in [7, 11) is 0. The molecule has 1 fully saturated rings. The van der Waals surface area contributed by atoms with Crippen LogP contribution < -0.4 is 4.90 Å². The Morgan fingerprint density at radius 1 is 0.889 bits per heavy atom. The molecule has 2 aromatic heterocycles. The number of amides is 1. The molecule has 1 aliphatic rings. The van der Waals surface area contributed by atoms with Gasteiger partial charge in [0.15, 0.2) is 0 Å². The highest BCUT2D eigenvalue weighted by atomic mass is 16.5. The van der Waals surface area contributed by atoms with Crippen LogP contribution in [0.1, 0.15) is 29.5 Å². The first-order chi connectivity index (χ1) is 17.7. The second kappa shape index (κ2) is 9.41. The number of anilines is 1. The molecule has 0 atom stereocenters. The van der Waals surface area contributed by atoms with Crippen molar-refractivity contribution >= 4 is 33.6 Å². The molecule has 7 heteroatoms. The van der Waals surface area contributed by atoms with Crippen molar-refractivity contribution in [1.82, 2.24) is 20.0 Å². The summed E-state index contributed by atoms with van der Waals surface area (Å²) in [5, 5.41) is 7.26. The van der Waals surface area contributed by atoms with E-state index in [9.17, 15) is 4.79 Å². The Morgan fingerprint density at radius 2 is 1.64 bits per heavy atom. The molecule has 0 radical (unpaired) electrons. The van der Waals surface area contributed by atoms with E-state index < -0.39 is 0 Å². The monoisotopic (exact) mass is 477 g/mol. The molecule has 0 N–H and O–H groups in total. The van der Waals surface area contributed by atoms with E-state index in [0.717, 1.165) is 57.5 Å². The number of benzene rings is 3. The highest BCUT2D eigenvalue weighted by Gasteiger charge is 2.28. The second-order valence-electron chi connectivity index (χ2n) is 9.10. The lowest BCUT2D eigenvalue weighted by Gasteiger charge is -2.36. The molecule has 0 saturated carbocycles. The zero-order valence-electron chi connectivity index (χ0n) is 20.2. The number of hydrogen-bond acceptors (Lipinski definition) is 6. The van der Waals surface area contributed by atoms with Crippen LogP contribution in [0, 0.1) is 0 Å². The number of fused-ring (bicyclic) bond motifs is 2. The minimum Gasteiger partial charge on any atom is -0.352 e. The van der Waals surface area contributed by atoms with Gasteiger partial charge in [-0.25, -0.2) is 4.98 Å². The van der Waals surface area contributed by atoms with Crippen LogP contribution in [0.25, 0.3) is 33.1 Å². The summed E-state index contributed by atoms with van der Waals surface area (Å²) in [5.74, 6) is 1.66. The maximum atomic E-state index is 13.5. The smallest absolute Gasteiger partial charge is 0.263 e. The number of piperazine rings is 1. The summed E-state index contributed by atoms with van der Waals surface area (Å²) in [6.45, 7) is 4.69. The third-order valence-corrected chi connectivity index (χ3v) is 6.77. The molecule has 3 aromatic carbocycles. The fourth-order valence-corrected chi connectivity index (χ4v) is 4.94. The predicted molar refractivity (Wildman–Crippen MR) is 141 cm³/mol. The summed E-state index contributed by atoms with van der Waals surface area (Å²) in [6, 6.07) is 23.9. The number of carbonyl (C=O) groups is 1. The van der Waals surface area contributed by atoms with E-state index in [4.69, 9.17) is 9.51 Å². The van der Waals surface area contributed by atoms with Gasteiger partial charge in [0.25, 0.3) is 11.6 Å². The molecular weight excluding hydrogens is 450 g/mol. The van der Waals surface area contributed by atoms with Gasteiger partial charge in [-0.05, 0) is 23.3 Å². The van der Waals surface area contributed by atoms with E-state index in [1.807, 2.05) is 77.7 Å². The van der Waals surface area contributed by atoms with E-state index in [0.29, 0.717) is 31.9 Å². The van der Waals surface area contributed by atoms with E-state index >= 15 is 0 Å². The fraction of sp³-hybridized carbons (Fsp3) is 0.241. The number of aromatic nitrogens is 3. The molecule has 1 amide bonds. The summed E-state index contributed by atoms with van der Waals surface area (Å²) in [5.41, 5.74) is 2.98. The van der Waals surface area contributed by atoms with Crippen LogP contribution in [0.2, 0.25) is 0 Å². The van der Waals surface area contributed by atoms with Gasteiger partial charge in [0, 0.05) is 43.7 Å². The summed E-state index contributed by atoms with van der Waals surface area (Å²) in [6.07, 6.45) is 1.71. The number of hydrogen-bond donors (Lipinski definition) is 0. The number of rotatable bonds is 5. The molecule has 0 aliphatic carbocycles. The minimum atomic E-state index is 0.0703. The van der Waals surface area contributed by atoms with Crippen LogP contribution in [-0.4, -0.2) is 52.1 Å². The molecule has 180 valence electrons. The predicted octanol–water partition coefficient (Wildman–Crippen LogP) is 5.35. The molecule has 1 saturated heterocycles. The zero-order valence-corrected chi connectivity index (χ0v) is 20.2. The summed E-state index contributed by atoms with van der Waals surface area (Å²) in [4.78, 5) is 27.2. The molecule has 0 spiro atoms. The molecule has 1 aliphatic heterocycles. The maximum absolute atomic E-state index is 13.5. The normalized spacial score (nSPS) is 14.0. The third kappa shape index (κ3) is 3.96. The molecule has 6 rings (SSSR count). The quantitative estimate of drug-likeness (QED) is 0.340. The number of nitrogens with zero attached hydrogens (tertiary/aromatic N) is 5. The average molecular weight is 478 g/mol. The lowest BCUT2D eigenvalue weighted by molar-refractivity contribution is 0.0748. The first-order valence-corrected chi connectivity index (χ1v) is 12.5. The van der Waals surface area contributed by atoms with Gasteiger partial charge >= 0.3 is 0 Å². The Morgan fingerprint density at radius 3 is 2.44 bits per heavy atom. The Hall–Kier alpha value is -4.26. The van der Waals surface area contributed by atoms with E-state index in [-0.39, 0.29) is 5.91 Å². The van der Waals surface area contributed by atoms with E-state index in [2.05, 4.69) is 22.0 Å². The standard InChI is InChI=1S/C29H27N5O2/c1-2-9-24-30-27(25-26(32-36-28(25)31-24)21-11-4-3-5-12-21)33-16-18-34(19-17-33)29(35)23-15-8-13-20-10-6-7-14-22(20)23/h3-8,10-15H,2,9,16-19H2,1H3. The van der Waals surface area contributed by atoms with Crippen molar-refractivity contribution in [3.8, 4) is 11.3 Å². The average Bonchev–Trinajstić information content (AvgIpc) is 3.37. The van der Waals surface area contributed by atoms with Crippen molar-refractivity contribution in [1.29, 1.82) is 0 Å². The molecule has 36 heavy (non-hydrogen) atoms. The first-order valence-electron chi connectivity index (χ1n) is 12.5. The van der Waals surface area contributed by atoms with Crippen molar-refractivity contribution in [2.45, 2.75) is 19.8 Å². The van der Waals surface area contributed by atoms with Crippen LogP contribution in [0.3, 0.4) is 0 Å². The van der Waals surface area contributed by atoms with Crippen LogP contribution >= 0.6 is 0 Å². The molecule has 0 bridgehead atoms. The van der Waals surface area contributed by atoms with E-state index in [1.54, 1.807) is 0 Å². The Bertz CT molecular complexity index is 1530. The lowest BCUT2D eigenvalue weighted by atomic mass is 10.0. The van der Waals surface area contributed by atoms with Gasteiger partial charge in [0.2, 0.25) is 0 Å². The fourth-order valence-electron chi connectivity index (χ4n) is 4.94. The molecular formula is C29H27N5O2. The SMILES string of the molecule is CCCc1nc(N2CCN(C(=O)c3cccc4ccccc34)CC2)c2c(-c3ccccc3)noc2n1. The van der Waals surface area contributed by atoms with Crippen molar-refractivity contribution in [2.24, 2.45) is 0 Å². The summed E-state index contributed by atoms with van der Waals surface area (Å²) >= 11 is 0. The van der Waals surface area contributed by atoms with Gasteiger partial charge in [-0.3, -0.25) is 4.79 Å². The van der Waals surface area contributed by atoms with Crippen molar-refractivity contribution in [2.75, 3.05) is 31.1 Å². The molecule has 7 nitrogen and oxygen atoms in total. The topological polar surface area (TPSA) is 75.4 Å². The molecule has 0 unspecified atom stereocenters. The highest BCUT2D eigenvalue weighted by Crippen LogP contribution is 2.34. The molecule has 3 heterocycles. The van der Waals surface area contributed by atoms with Crippen molar-refractivity contribution < 1.29 is 9.32 Å². The maximum Gasteiger partial charge on any atom is 0.263 e. The first kappa shape index (κ1) is 22.2. The van der Waals surface area contributed by atoms with Crippen LogP contribution in [0.4, 0.5) is 5.82 Å². The summed E-state index contributed by atoms with van der Waals surface area (Å²) < 4.78 is 5.69. The van der Waals surface area contributed by atoms with Crippen molar-refractivity contribution in [3.63, 3.8) is 0 Å². The number of carbonyl (C=O) groups excluding carboxylic acids is 1. The second-order valence-corrected chi connectivity index (χ2v) is 9.10. The minimum absolute atomic E-state index is 0.0703. The zero-order chi connectivity index (χ0) is 24.5. The van der Waals surface area contributed by atoms with Gasteiger partial charge in [-0.1, -0.05) is 78.8 Å². The van der Waals surface area contributed by atoms with Crippen LogP contribution in [0.15, 0.2) is 77.3 Å². The van der Waals surface area contributed by atoms with Gasteiger partial charge in [-0.2, -0.15) is 4.98 Å². The van der Waals surface area contributed by atoms with Gasteiger partial charge < -0.3 is 14.3 Å². The largest absolute Gasteiger partial charge is 0.352 e. The van der Waals surface area contributed by atoms with Gasteiger partial charge in [-0.15, -0.1) is 0 Å². The Balaban J connectivity index is 1.31. The Labute approximate surface area is 209 Å². The van der Waals surface area contributed by atoms with Gasteiger partial charge in [0.1, 0.15) is 22.7 Å². The third-order valence-electron chi connectivity index (χ3n) is 6.77. The number of aryl methyl sites for hydroxylation is 1. The highest BCUT2D eigenvalue weighted by molar-refractivity contribution is 6.07. The molecule has 5 aromatic rings. The van der Waals surface area contributed by atoms with Crippen molar-refractivity contribution in [3.05, 3.63) is 84.2 Å². The van der Waals surface area contributed by atoms with E-state index in [1.165, 1.54) is 0 Å². The van der Waals surface area contributed by atoms with Crippen LogP contribution in [0.5, 0.6) is 0 Å². The lowest BCUT2D eigenvalue weighted by Crippen LogP contribution is -2.49.